The summed E-state index contributed by atoms with van der Waals surface area (Å²) >= 11 is 11.9. The lowest BCUT2D eigenvalue weighted by molar-refractivity contribution is 0.102. The lowest BCUT2D eigenvalue weighted by atomic mass is 10.1. The molecule has 0 aliphatic heterocycles. The first-order valence-corrected chi connectivity index (χ1v) is 8.20. The number of anilines is 1. The number of halogens is 2. The molecule has 2 aromatic carbocycles. The van der Waals surface area contributed by atoms with E-state index in [1.54, 1.807) is 30.3 Å². The van der Waals surface area contributed by atoms with Crippen LogP contribution in [0.15, 0.2) is 42.5 Å². The van der Waals surface area contributed by atoms with Crippen molar-refractivity contribution < 1.29 is 9.53 Å². The van der Waals surface area contributed by atoms with Gasteiger partial charge in [-0.2, -0.15) is 0 Å². The van der Waals surface area contributed by atoms with Gasteiger partial charge in [-0.1, -0.05) is 43.1 Å². The largest absolute Gasteiger partial charge is 0.494 e. The van der Waals surface area contributed by atoms with E-state index in [2.05, 4.69) is 19.2 Å². The minimum Gasteiger partial charge on any atom is -0.494 e. The van der Waals surface area contributed by atoms with Gasteiger partial charge in [-0.05, 0) is 42.7 Å². The van der Waals surface area contributed by atoms with Crippen LogP contribution in [0.2, 0.25) is 10.0 Å². The molecule has 0 saturated heterocycles. The first kappa shape index (κ1) is 17.6. The van der Waals surface area contributed by atoms with Gasteiger partial charge in [0, 0.05) is 16.8 Å². The maximum atomic E-state index is 12.3. The summed E-state index contributed by atoms with van der Waals surface area (Å²) in [7, 11) is 0. The van der Waals surface area contributed by atoms with Crippen LogP contribution in [0.1, 0.15) is 30.6 Å². The summed E-state index contributed by atoms with van der Waals surface area (Å²) in [4.78, 5) is 12.3. The van der Waals surface area contributed by atoms with Crippen LogP contribution >= 0.6 is 23.2 Å². The molecule has 1 amide bonds. The Labute approximate surface area is 146 Å². The van der Waals surface area contributed by atoms with Crippen molar-refractivity contribution in [3.63, 3.8) is 0 Å². The Kier molecular flexibility index (Phi) is 6.31. The van der Waals surface area contributed by atoms with E-state index in [4.69, 9.17) is 27.9 Å². The molecule has 0 bridgehead atoms. The number of nitrogens with one attached hydrogen (secondary N) is 1. The molecule has 0 atom stereocenters. The molecule has 0 aliphatic carbocycles. The smallest absolute Gasteiger partial charge is 0.257 e. The summed E-state index contributed by atoms with van der Waals surface area (Å²) in [5, 5.41) is 3.62. The van der Waals surface area contributed by atoms with Crippen molar-refractivity contribution in [2.75, 3.05) is 11.9 Å². The molecule has 2 aromatic rings. The summed E-state index contributed by atoms with van der Waals surface area (Å²) in [6.45, 7) is 4.95. The number of carbonyl (C=O) groups is 1. The number of hydrogen-bond donors (Lipinski definition) is 1. The Bertz CT molecular complexity index is 686. The molecule has 0 spiro atoms. The van der Waals surface area contributed by atoms with Gasteiger partial charge < -0.3 is 10.1 Å². The summed E-state index contributed by atoms with van der Waals surface area (Å²) in [5.74, 6) is 1.03. The molecule has 0 saturated carbocycles. The van der Waals surface area contributed by atoms with E-state index in [1.807, 2.05) is 12.1 Å². The van der Waals surface area contributed by atoms with E-state index >= 15 is 0 Å². The van der Waals surface area contributed by atoms with Crippen molar-refractivity contribution >= 4 is 34.8 Å². The monoisotopic (exact) mass is 351 g/mol. The molecule has 0 radical (unpaired) electrons. The van der Waals surface area contributed by atoms with Crippen molar-refractivity contribution in [3.05, 3.63) is 58.1 Å². The predicted octanol–water partition coefficient (Wildman–Crippen LogP) is 5.67. The van der Waals surface area contributed by atoms with E-state index in [1.165, 1.54) is 0 Å². The fraction of sp³-hybridized carbons (Fsp3) is 0.278. The molecule has 3 nitrogen and oxygen atoms in total. The van der Waals surface area contributed by atoms with Crippen LogP contribution in [-0.2, 0) is 0 Å². The standard InChI is InChI=1S/C18H19Cl2NO2/c1-12(2)8-9-23-15-5-3-4-14(11-15)21-18(22)16-7-6-13(19)10-17(16)20/h3-7,10-12H,8-9H2,1-2H3,(H,21,22). The molecule has 0 heterocycles. The lowest BCUT2D eigenvalue weighted by Crippen LogP contribution is -2.12. The van der Waals surface area contributed by atoms with Crippen molar-refractivity contribution in [2.45, 2.75) is 20.3 Å². The zero-order chi connectivity index (χ0) is 16.8. The van der Waals surface area contributed by atoms with Gasteiger partial charge in [0.2, 0.25) is 0 Å². The number of rotatable bonds is 6. The summed E-state index contributed by atoms with van der Waals surface area (Å²) < 4.78 is 5.69. The first-order valence-electron chi connectivity index (χ1n) is 7.45. The van der Waals surface area contributed by atoms with Crippen LogP contribution in [0.5, 0.6) is 5.75 Å². The van der Waals surface area contributed by atoms with E-state index in [0.29, 0.717) is 33.8 Å². The van der Waals surface area contributed by atoms with Crippen LogP contribution in [-0.4, -0.2) is 12.5 Å². The molecule has 5 heteroatoms. The first-order chi connectivity index (χ1) is 11.0. The molecule has 2 rings (SSSR count). The Hall–Kier alpha value is -1.71. The Morgan fingerprint density at radius 1 is 1.17 bits per heavy atom. The highest BCUT2D eigenvalue weighted by atomic mass is 35.5. The quantitative estimate of drug-likeness (QED) is 0.727. The number of benzene rings is 2. The minimum absolute atomic E-state index is 0.286. The molecule has 0 aromatic heterocycles. The Morgan fingerprint density at radius 2 is 1.96 bits per heavy atom. The Morgan fingerprint density at radius 3 is 2.65 bits per heavy atom. The molecule has 23 heavy (non-hydrogen) atoms. The molecular weight excluding hydrogens is 333 g/mol. The number of hydrogen-bond acceptors (Lipinski definition) is 2. The van der Waals surface area contributed by atoms with Crippen molar-refractivity contribution in [2.24, 2.45) is 5.92 Å². The average Bonchev–Trinajstić information content (AvgIpc) is 2.47. The zero-order valence-electron chi connectivity index (χ0n) is 13.1. The highest BCUT2D eigenvalue weighted by molar-refractivity contribution is 6.37. The molecular formula is C18H19Cl2NO2. The maximum Gasteiger partial charge on any atom is 0.257 e. The summed E-state index contributed by atoms with van der Waals surface area (Å²) in [5.41, 5.74) is 1.03. The zero-order valence-corrected chi connectivity index (χ0v) is 14.6. The lowest BCUT2D eigenvalue weighted by Gasteiger charge is -2.11. The van der Waals surface area contributed by atoms with Crippen LogP contribution in [0.4, 0.5) is 5.69 Å². The Balaban J connectivity index is 2.03. The molecule has 1 N–H and O–H groups in total. The van der Waals surface area contributed by atoms with Gasteiger partial charge in [0.15, 0.2) is 0 Å². The third-order valence-electron chi connectivity index (χ3n) is 3.23. The van der Waals surface area contributed by atoms with Gasteiger partial charge in [-0.25, -0.2) is 0 Å². The van der Waals surface area contributed by atoms with Gasteiger partial charge in [0.1, 0.15) is 5.75 Å². The van der Waals surface area contributed by atoms with E-state index in [-0.39, 0.29) is 5.91 Å². The number of carbonyl (C=O) groups excluding carboxylic acids is 1. The SMILES string of the molecule is CC(C)CCOc1cccc(NC(=O)c2ccc(Cl)cc2Cl)c1. The highest BCUT2D eigenvalue weighted by Crippen LogP contribution is 2.23. The van der Waals surface area contributed by atoms with Crippen LogP contribution < -0.4 is 10.1 Å². The van der Waals surface area contributed by atoms with Crippen LogP contribution in [0.3, 0.4) is 0 Å². The summed E-state index contributed by atoms with van der Waals surface area (Å²) in [6.07, 6.45) is 0.983. The maximum absolute atomic E-state index is 12.3. The topological polar surface area (TPSA) is 38.3 Å². The van der Waals surface area contributed by atoms with E-state index in [9.17, 15) is 4.79 Å². The van der Waals surface area contributed by atoms with Gasteiger partial charge in [-0.15, -0.1) is 0 Å². The van der Waals surface area contributed by atoms with Crippen molar-refractivity contribution in [1.82, 2.24) is 0 Å². The van der Waals surface area contributed by atoms with Crippen molar-refractivity contribution in [1.29, 1.82) is 0 Å². The van der Waals surface area contributed by atoms with E-state index < -0.39 is 0 Å². The second-order valence-electron chi connectivity index (χ2n) is 5.64. The normalized spacial score (nSPS) is 10.7. The minimum atomic E-state index is -0.286. The average molecular weight is 352 g/mol. The molecule has 0 fully saturated rings. The van der Waals surface area contributed by atoms with Crippen molar-refractivity contribution in [3.8, 4) is 5.75 Å². The third kappa shape index (κ3) is 5.45. The van der Waals surface area contributed by atoms with Crippen LogP contribution in [0.25, 0.3) is 0 Å². The molecule has 0 aliphatic rings. The van der Waals surface area contributed by atoms with Gasteiger partial charge in [-0.3, -0.25) is 4.79 Å². The number of amides is 1. The second-order valence-corrected chi connectivity index (χ2v) is 6.48. The van der Waals surface area contributed by atoms with Crippen LogP contribution in [0, 0.1) is 5.92 Å². The molecule has 122 valence electrons. The summed E-state index contributed by atoms with van der Waals surface area (Å²) in [6, 6.07) is 12.1. The second kappa shape index (κ2) is 8.23. The predicted molar refractivity (Wildman–Crippen MR) is 95.8 cm³/mol. The van der Waals surface area contributed by atoms with E-state index in [0.717, 1.165) is 12.2 Å². The van der Waals surface area contributed by atoms with Gasteiger partial charge in [0.05, 0.1) is 17.2 Å². The fourth-order valence-electron chi connectivity index (χ4n) is 1.95. The highest BCUT2D eigenvalue weighted by Gasteiger charge is 2.11. The third-order valence-corrected chi connectivity index (χ3v) is 3.78. The molecule has 0 unspecified atom stereocenters. The number of ether oxygens (including phenoxy) is 1. The van der Waals surface area contributed by atoms with Gasteiger partial charge in [0.25, 0.3) is 5.91 Å². The fourth-order valence-corrected chi connectivity index (χ4v) is 2.44. The van der Waals surface area contributed by atoms with Gasteiger partial charge >= 0.3 is 0 Å².